The third-order valence-electron chi connectivity index (χ3n) is 2.29. The van der Waals surface area contributed by atoms with Crippen molar-refractivity contribution >= 4 is 11.0 Å². The molecule has 2 rings (SSSR count). The summed E-state index contributed by atoms with van der Waals surface area (Å²) in [7, 11) is 1.61. The number of rotatable bonds is 3. The molecule has 0 amide bonds. The van der Waals surface area contributed by atoms with Crippen molar-refractivity contribution in [2.45, 2.75) is 13.5 Å². The van der Waals surface area contributed by atoms with Crippen LogP contribution in [-0.2, 0) is 11.4 Å². The normalized spacial score (nSPS) is 11.0. The molecule has 0 atom stereocenters. The fraction of sp³-hybridized carbons (Fsp3) is 0.273. The number of fused-ring (bicyclic) bond motifs is 1. The smallest absolute Gasteiger partial charge is 0.134 e. The highest BCUT2D eigenvalue weighted by Gasteiger charge is 2.08. The Bertz CT molecular complexity index is 434. The second-order valence-corrected chi connectivity index (χ2v) is 3.16. The van der Waals surface area contributed by atoms with Crippen LogP contribution in [0.25, 0.3) is 11.0 Å². The van der Waals surface area contributed by atoms with E-state index in [1.807, 2.05) is 25.1 Å². The number of benzene rings is 1. The molecule has 0 unspecified atom stereocenters. The highest BCUT2D eigenvalue weighted by atomic mass is 16.6. The monoisotopic (exact) mass is 191 g/mol. The van der Waals surface area contributed by atoms with Crippen molar-refractivity contribution < 1.29 is 9.25 Å². The lowest BCUT2D eigenvalue weighted by atomic mass is 10.1. The number of furan rings is 1. The Morgan fingerprint density at radius 1 is 1.36 bits per heavy atom. The molecule has 1 N–H and O–H groups in total. The van der Waals surface area contributed by atoms with Crippen molar-refractivity contribution in [3.8, 4) is 0 Å². The highest BCUT2D eigenvalue weighted by molar-refractivity contribution is 5.82. The summed E-state index contributed by atoms with van der Waals surface area (Å²) < 4.78 is 5.60. The van der Waals surface area contributed by atoms with Crippen LogP contribution in [0.2, 0.25) is 0 Å². The van der Waals surface area contributed by atoms with Gasteiger partial charge >= 0.3 is 0 Å². The maximum atomic E-state index is 5.60. The molecule has 1 aromatic heterocycles. The third-order valence-corrected chi connectivity index (χ3v) is 2.29. The van der Waals surface area contributed by atoms with Crippen molar-refractivity contribution in [2.75, 3.05) is 7.11 Å². The van der Waals surface area contributed by atoms with Crippen LogP contribution in [-0.4, -0.2) is 7.11 Å². The average molecular weight is 191 g/mol. The molecule has 1 aromatic carbocycles. The van der Waals surface area contributed by atoms with Crippen molar-refractivity contribution in [2.24, 2.45) is 0 Å². The zero-order chi connectivity index (χ0) is 9.97. The van der Waals surface area contributed by atoms with Crippen LogP contribution in [0.15, 0.2) is 28.7 Å². The predicted octanol–water partition coefficient (Wildman–Crippen LogP) is 2.39. The minimum Gasteiger partial charge on any atom is -0.461 e. The van der Waals surface area contributed by atoms with E-state index < -0.39 is 0 Å². The van der Waals surface area contributed by atoms with Crippen LogP contribution in [0.1, 0.15) is 11.3 Å². The molecule has 0 bridgehead atoms. The van der Waals surface area contributed by atoms with Gasteiger partial charge in [-0.25, -0.2) is 0 Å². The topological polar surface area (TPSA) is 34.4 Å². The van der Waals surface area contributed by atoms with E-state index in [4.69, 9.17) is 9.25 Å². The fourth-order valence-electron chi connectivity index (χ4n) is 1.59. The van der Waals surface area contributed by atoms with Crippen molar-refractivity contribution in [3.63, 3.8) is 0 Å². The Labute approximate surface area is 82.6 Å². The Balaban J connectivity index is 2.45. The first-order valence-electron chi connectivity index (χ1n) is 4.56. The second kappa shape index (κ2) is 3.82. The van der Waals surface area contributed by atoms with Crippen LogP contribution in [0.3, 0.4) is 0 Å². The molecule has 3 nitrogen and oxygen atoms in total. The zero-order valence-electron chi connectivity index (χ0n) is 8.33. The van der Waals surface area contributed by atoms with Gasteiger partial charge in [-0.05, 0) is 13.0 Å². The van der Waals surface area contributed by atoms with Crippen LogP contribution in [0.4, 0.5) is 0 Å². The third kappa shape index (κ3) is 1.52. The predicted molar refractivity (Wildman–Crippen MR) is 54.8 cm³/mol. The summed E-state index contributed by atoms with van der Waals surface area (Å²) in [5, 5.41) is 1.15. The first-order valence-corrected chi connectivity index (χ1v) is 4.56. The van der Waals surface area contributed by atoms with Crippen LogP contribution in [0.5, 0.6) is 0 Å². The molecule has 14 heavy (non-hydrogen) atoms. The van der Waals surface area contributed by atoms with Crippen molar-refractivity contribution in [1.82, 2.24) is 5.48 Å². The van der Waals surface area contributed by atoms with E-state index in [1.54, 1.807) is 7.11 Å². The van der Waals surface area contributed by atoms with Gasteiger partial charge in [-0.1, -0.05) is 18.2 Å². The number of hydrogen-bond donors (Lipinski definition) is 1. The Kier molecular flexibility index (Phi) is 2.52. The summed E-state index contributed by atoms with van der Waals surface area (Å²) in [4.78, 5) is 4.83. The molecule has 0 aliphatic rings. The largest absolute Gasteiger partial charge is 0.461 e. The number of nitrogens with one attached hydrogen (secondary N) is 1. The Morgan fingerprint density at radius 3 is 2.93 bits per heavy atom. The highest BCUT2D eigenvalue weighted by Crippen LogP contribution is 2.24. The van der Waals surface area contributed by atoms with E-state index in [0.717, 1.165) is 22.3 Å². The lowest BCUT2D eigenvalue weighted by Crippen LogP contribution is -2.10. The van der Waals surface area contributed by atoms with Gasteiger partial charge in [0.15, 0.2) is 0 Å². The van der Waals surface area contributed by atoms with Gasteiger partial charge in [0, 0.05) is 10.9 Å². The van der Waals surface area contributed by atoms with Crippen molar-refractivity contribution in [1.29, 1.82) is 0 Å². The van der Waals surface area contributed by atoms with Gasteiger partial charge in [-0.15, -0.1) is 0 Å². The van der Waals surface area contributed by atoms with Gasteiger partial charge in [0.05, 0.1) is 13.7 Å². The summed E-state index contributed by atoms with van der Waals surface area (Å²) in [5.74, 6) is 0.941. The number of hydrogen-bond acceptors (Lipinski definition) is 3. The van der Waals surface area contributed by atoms with E-state index in [9.17, 15) is 0 Å². The lowest BCUT2D eigenvalue weighted by molar-refractivity contribution is 0.0866. The van der Waals surface area contributed by atoms with Crippen LogP contribution in [0, 0.1) is 6.92 Å². The molecule has 74 valence electrons. The standard InChI is InChI=1S/C11H13NO2/c1-8-10(7-12-13-2)9-5-3-4-6-11(9)14-8/h3-6,12H,7H2,1-2H3. The van der Waals surface area contributed by atoms with Gasteiger partial charge in [0.2, 0.25) is 0 Å². The Morgan fingerprint density at radius 2 is 2.14 bits per heavy atom. The number of para-hydroxylation sites is 1. The molecule has 2 aromatic rings. The quantitative estimate of drug-likeness (QED) is 0.756. The molecule has 0 aliphatic carbocycles. The molecule has 3 heteroatoms. The SMILES string of the molecule is CONCc1c(C)oc2ccccc12. The molecule has 0 aliphatic heterocycles. The molecule has 0 fully saturated rings. The van der Waals surface area contributed by atoms with Gasteiger partial charge in [-0.2, -0.15) is 5.48 Å². The molecule has 0 saturated carbocycles. The fourth-order valence-corrected chi connectivity index (χ4v) is 1.59. The second-order valence-electron chi connectivity index (χ2n) is 3.16. The molecule has 1 heterocycles. The molecule has 0 radical (unpaired) electrons. The Hall–Kier alpha value is -1.32. The van der Waals surface area contributed by atoms with E-state index in [1.165, 1.54) is 0 Å². The van der Waals surface area contributed by atoms with Crippen molar-refractivity contribution in [3.05, 3.63) is 35.6 Å². The zero-order valence-corrected chi connectivity index (χ0v) is 8.33. The minimum atomic E-state index is 0.666. The summed E-state index contributed by atoms with van der Waals surface area (Å²) in [6.45, 7) is 2.63. The summed E-state index contributed by atoms with van der Waals surface area (Å²) >= 11 is 0. The lowest BCUT2D eigenvalue weighted by Gasteiger charge is -2.00. The maximum Gasteiger partial charge on any atom is 0.134 e. The van der Waals surface area contributed by atoms with Gasteiger partial charge < -0.3 is 9.25 Å². The molecular formula is C11H13NO2. The molecule has 0 spiro atoms. The summed E-state index contributed by atoms with van der Waals surface area (Å²) in [6, 6.07) is 8.00. The van der Waals surface area contributed by atoms with Gasteiger partial charge in [-0.3, -0.25) is 0 Å². The van der Waals surface area contributed by atoms with E-state index in [-0.39, 0.29) is 0 Å². The van der Waals surface area contributed by atoms with E-state index in [2.05, 4.69) is 11.5 Å². The molecular weight excluding hydrogens is 178 g/mol. The first kappa shape index (κ1) is 9.24. The summed E-state index contributed by atoms with van der Waals surface area (Å²) in [6.07, 6.45) is 0. The van der Waals surface area contributed by atoms with Gasteiger partial charge in [0.1, 0.15) is 11.3 Å². The average Bonchev–Trinajstić information content (AvgIpc) is 2.51. The number of hydroxylamine groups is 1. The van der Waals surface area contributed by atoms with Crippen LogP contribution < -0.4 is 5.48 Å². The minimum absolute atomic E-state index is 0.666. The molecule has 0 saturated heterocycles. The number of aryl methyl sites for hydroxylation is 1. The van der Waals surface area contributed by atoms with E-state index in [0.29, 0.717) is 6.54 Å². The first-order chi connectivity index (χ1) is 6.83. The van der Waals surface area contributed by atoms with Crippen LogP contribution >= 0.6 is 0 Å². The van der Waals surface area contributed by atoms with Gasteiger partial charge in [0.25, 0.3) is 0 Å². The maximum absolute atomic E-state index is 5.60. The summed E-state index contributed by atoms with van der Waals surface area (Å²) in [5.41, 5.74) is 4.91. The van der Waals surface area contributed by atoms with E-state index >= 15 is 0 Å².